The summed E-state index contributed by atoms with van der Waals surface area (Å²) in [6.07, 6.45) is 0.815. The van der Waals surface area contributed by atoms with Crippen molar-refractivity contribution in [1.82, 2.24) is 0 Å². The van der Waals surface area contributed by atoms with Crippen LogP contribution in [0.25, 0.3) is 0 Å². The molecular weight excluding hydrogens is 247 g/mol. The molecule has 0 bridgehead atoms. The van der Waals surface area contributed by atoms with Gasteiger partial charge in [0.25, 0.3) is 5.69 Å². The van der Waals surface area contributed by atoms with E-state index in [1.807, 2.05) is 13.8 Å². The van der Waals surface area contributed by atoms with E-state index in [1.165, 1.54) is 12.1 Å². The molecule has 0 saturated carbocycles. The van der Waals surface area contributed by atoms with E-state index in [1.54, 1.807) is 0 Å². The predicted octanol–water partition coefficient (Wildman–Crippen LogP) is 3.20. The Morgan fingerprint density at radius 2 is 2.12 bits per heavy atom. The van der Waals surface area contributed by atoms with Crippen LogP contribution in [-0.4, -0.2) is 4.92 Å². The van der Waals surface area contributed by atoms with E-state index in [0.717, 1.165) is 12.5 Å². The molecule has 0 fully saturated rings. The Morgan fingerprint density at radius 1 is 1.53 bits per heavy atom. The first kappa shape index (κ1) is 15.8. The highest BCUT2D eigenvalue weighted by atomic mass is 35.5. The van der Waals surface area contributed by atoms with Gasteiger partial charge in [0.15, 0.2) is 0 Å². The van der Waals surface area contributed by atoms with Gasteiger partial charge in [-0.2, -0.15) is 0 Å². The van der Waals surface area contributed by atoms with Gasteiger partial charge in [-0.15, -0.1) is 12.4 Å². The smallest absolute Gasteiger partial charge is 0.277 e. The second kappa shape index (κ2) is 6.51. The van der Waals surface area contributed by atoms with E-state index in [-0.39, 0.29) is 24.0 Å². The van der Waals surface area contributed by atoms with Crippen LogP contribution in [0.2, 0.25) is 0 Å². The lowest BCUT2D eigenvalue weighted by atomic mass is 9.92. The minimum atomic E-state index is -0.619. The average Bonchev–Trinajstić information content (AvgIpc) is 2.26. The van der Waals surface area contributed by atoms with Crippen LogP contribution in [0.3, 0.4) is 0 Å². The maximum absolute atomic E-state index is 12.9. The molecule has 96 valence electrons. The van der Waals surface area contributed by atoms with Gasteiger partial charge in [0.2, 0.25) is 0 Å². The number of halogens is 2. The van der Waals surface area contributed by atoms with Crippen LogP contribution in [0.15, 0.2) is 18.2 Å². The van der Waals surface area contributed by atoms with Crippen molar-refractivity contribution in [2.45, 2.75) is 26.3 Å². The molecule has 0 aliphatic carbocycles. The number of hydrogen-bond acceptors (Lipinski definition) is 3. The molecule has 0 aromatic heterocycles. The molecule has 1 unspecified atom stereocenters. The zero-order chi connectivity index (χ0) is 12.3. The molecule has 0 aliphatic heterocycles. The van der Waals surface area contributed by atoms with Crippen molar-refractivity contribution in [2.75, 3.05) is 0 Å². The Hall–Kier alpha value is -1.20. The van der Waals surface area contributed by atoms with Crippen molar-refractivity contribution in [3.05, 3.63) is 39.7 Å². The lowest BCUT2D eigenvalue weighted by molar-refractivity contribution is -0.386. The Balaban J connectivity index is 0.00000256. The van der Waals surface area contributed by atoms with Crippen LogP contribution in [0.4, 0.5) is 10.1 Å². The molecule has 2 atom stereocenters. The highest BCUT2D eigenvalue weighted by molar-refractivity contribution is 5.85. The van der Waals surface area contributed by atoms with Gasteiger partial charge in [-0.1, -0.05) is 20.3 Å². The minimum Gasteiger partial charge on any atom is -0.324 e. The molecule has 6 heteroatoms. The van der Waals surface area contributed by atoms with Crippen molar-refractivity contribution in [3.8, 4) is 0 Å². The molecule has 2 N–H and O–H groups in total. The molecule has 1 aromatic rings. The molecule has 0 saturated heterocycles. The van der Waals surface area contributed by atoms with E-state index in [2.05, 4.69) is 0 Å². The normalized spacial score (nSPS) is 13.6. The van der Waals surface area contributed by atoms with Gasteiger partial charge in [0.1, 0.15) is 5.82 Å². The fourth-order valence-corrected chi connectivity index (χ4v) is 1.52. The summed E-state index contributed by atoms with van der Waals surface area (Å²) in [5.74, 6) is -0.504. The highest BCUT2D eigenvalue weighted by Crippen LogP contribution is 2.30. The molecule has 0 spiro atoms. The minimum absolute atomic E-state index is 0. The lowest BCUT2D eigenvalue weighted by Gasteiger charge is -2.18. The number of nitrogens with zero attached hydrogens (tertiary/aromatic N) is 1. The third kappa shape index (κ3) is 3.64. The van der Waals surface area contributed by atoms with Gasteiger partial charge in [-0.3, -0.25) is 10.1 Å². The molecule has 0 heterocycles. The maximum atomic E-state index is 12.9. The quantitative estimate of drug-likeness (QED) is 0.669. The molecular formula is C11H16ClFN2O2. The second-order valence-electron chi connectivity index (χ2n) is 3.87. The zero-order valence-electron chi connectivity index (χ0n) is 9.72. The van der Waals surface area contributed by atoms with Gasteiger partial charge in [0, 0.05) is 11.6 Å². The molecule has 4 nitrogen and oxygen atoms in total. The van der Waals surface area contributed by atoms with Crippen LogP contribution < -0.4 is 5.73 Å². The summed E-state index contributed by atoms with van der Waals surface area (Å²) in [5.41, 5.74) is 6.06. The second-order valence-corrected chi connectivity index (χ2v) is 3.87. The van der Waals surface area contributed by atoms with Gasteiger partial charge in [-0.25, -0.2) is 4.39 Å². The molecule has 1 aromatic carbocycles. The average molecular weight is 263 g/mol. The van der Waals surface area contributed by atoms with Crippen molar-refractivity contribution in [1.29, 1.82) is 0 Å². The first-order valence-corrected chi connectivity index (χ1v) is 5.16. The van der Waals surface area contributed by atoms with Gasteiger partial charge < -0.3 is 5.73 Å². The first-order valence-electron chi connectivity index (χ1n) is 5.16. The maximum Gasteiger partial charge on any atom is 0.277 e. The highest BCUT2D eigenvalue weighted by Gasteiger charge is 2.23. The number of nitrogens with two attached hydrogens (primary N) is 1. The molecule has 0 aliphatic rings. The number of hydrogen-bond donors (Lipinski definition) is 1. The Morgan fingerprint density at radius 3 is 2.59 bits per heavy atom. The summed E-state index contributed by atoms with van der Waals surface area (Å²) in [7, 11) is 0. The van der Waals surface area contributed by atoms with E-state index in [9.17, 15) is 14.5 Å². The van der Waals surface area contributed by atoms with Crippen LogP contribution >= 0.6 is 12.4 Å². The summed E-state index contributed by atoms with van der Waals surface area (Å²) in [6.45, 7) is 3.87. The summed E-state index contributed by atoms with van der Waals surface area (Å²) in [4.78, 5) is 10.2. The van der Waals surface area contributed by atoms with E-state index in [0.29, 0.717) is 5.56 Å². The fraction of sp³-hybridized carbons (Fsp3) is 0.455. The van der Waals surface area contributed by atoms with Crippen LogP contribution in [0, 0.1) is 21.8 Å². The van der Waals surface area contributed by atoms with Crippen molar-refractivity contribution in [2.24, 2.45) is 11.7 Å². The zero-order valence-corrected chi connectivity index (χ0v) is 10.5. The molecule has 17 heavy (non-hydrogen) atoms. The Labute approximate surface area is 106 Å². The number of rotatable bonds is 4. The van der Waals surface area contributed by atoms with Crippen molar-refractivity contribution < 1.29 is 9.31 Å². The van der Waals surface area contributed by atoms with E-state index >= 15 is 0 Å². The van der Waals surface area contributed by atoms with E-state index in [4.69, 9.17) is 5.73 Å². The van der Waals surface area contributed by atoms with Crippen LogP contribution in [0.1, 0.15) is 31.9 Å². The topological polar surface area (TPSA) is 69.2 Å². The summed E-state index contributed by atoms with van der Waals surface area (Å²) < 4.78 is 12.9. The number of nitro benzene ring substituents is 1. The number of nitro groups is 1. The van der Waals surface area contributed by atoms with Gasteiger partial charge in [-0.05, 0) is 18.1 Å². The summed E-state index contributed by atoms with van der Waals surface area (Å²) in [6, 6.07) is 3.07. The predicted molar refractivity (Wildman–Crippen MR) is 66.7 cm³/mol. The molecule has 1 rings (SSSR count). The van der Waals surface area contributed by atoms with Gasteiger partial charge in [0.05, 0.1) is 11.0 Å². The third-order valence-electron chi connectivity index (χ3n) is 2.81. The summed E-state index contributed by atoms with van der Waals surface area (Å²) in [5, 5.41) is 10.8. The Kier molecular flexibility index (Phi) is 6.05. The fourth-order valence-electron chi connectivity index (χ4n) is 1.52. The lowest BCUT2D eigenvalue weighted by Crippen LogP contribution is -2.19. The Bertz CT molecular complexity index is 401. The molecule has 0 amide bonds. The van der Waals surface area contributed by atoms with Crippen LogP contribution in [-0.2, 0) is 0 Å². The largest absolute Gasteiger partial charge is 0.324 e. The SMILES string of the molecule is CCC(C)[C@H](N)c1ccc(F)cc1[N+](=O)[O-].Cl. The third-order valence-corrected chi connectivity index (χ3v) is 2.81. The van der Waals surface area contributed by atoms with E-state index < -0.39 is 16.8 Å². The van der Waals surface area contributed by atoms with Crippen LogP contribution in [0.5, 0.6) is 0 Å². The standard InChI is InChI=1S/C11H15FN2O2.ClH/c1-3-7(2)11(13)9-5-4-8(12)6-10(9)14(15)16;/h4-7,11H,3,13H2,1-2H3;1H/t7?,11-;/m0./s1. The van der Waals surface area contributed by atoms with Gasteiger partial charge >= 0.3 is 0 Å². The monoisotopic (exact) mass is 262 g/mol. The first-order chi connectivity index (χ1) is 7.47. The molecule has 0 radical (unpaired) electrons. The van der Waals surface area contributed by atoms with Crippen molar-refractivity contribution >= 4 is 18.1 Å². The van der Waals surface area contributed by atoms with Crippen molar-refractivity contribution in [3.63, 3.8) is 0 Å². The number of benzene rings is 1. The summed E-state index contributed by atoms with van der Waals surface area (Å²) >= 11 is 0.